The van der Waals surface area contributed by atoms with Gasteiger partial charge in [0.05, 0.1) is 0 Å². The lowest BCUT2D eigenvalue weighted by Crippen LogP contribution is -2.32. The van der Waals surface area contributed by atoms with Gasteiger partial charge in [-0.25, -0.2) is 0 Å². The van der Waals surface area contributed by atoms with Gasteiger partial charge in [-0.1, -0.05) is 0 Å². The molecule has 0 saturated carbocycles. The number of nitrogens with zero attached hydrogens (tertiary/aromatic N) is 1. The highest BCUT2D eigenvalue weighted by atomic mass is 16.4. The maximum Gasteiger partial charge on any atom is 0.303 e. The van der Waals surface area contributed by atoms with Gasteiger partial charge in [0.1, 0.15) is 0 Å². The van der Waals surface area contributed by atoms with Gasteiger partial charge in [0.25, 0.3) is 5.91 Å². The molecule has 1 amide bonds. The van der Waals surface area contributed by atoms with Gasteiger partial charge in [-0.3, -0.25) is 9.59 Å². The van der Waals surface area contributed by atoms with E-state index >= 15 is 0 Å². The van der Waals surface area contributed by atoms with Crippen LogP contribution in [-0.2, 0) is 4.79 Å². The van der Waals surface area contributed by atoms with Gasteiger partial charge in [-0.15, -0.1) is 0 Å². The monoisotopic (exact) mass is 286 g/mol. The van der Waals surface area contributed by atoms with Crippen molar-refractivity contribution >= 4 is 11.9 Å². The van der Waals surface area contributed by atoms with E-state index in [1.54, 1.807) is 19.1 Å². The number of carboxylic acid groups (broad SMARTS) is 1. The van der Waals surface area contributed by atoms with E-state index < -0.39 is 5.97 Å². The molecule has 0 saturated heterocycles. The smallest absolute Gasteiger partial charge is 0.303 e. The summed E-state index contributed by atoms with van der Waals surface area (Å²) in [5.41, 5.74) is 1.54. The van der Waals surface area contributed by atoms with E-state index in [1.165, 1.54) is 0 Å². The fourth-order valence-electron chi connectivity index (χ4n) is 2.01. The zero-order valence-electron chi connectivity index (χ0n) is 11.8. The lowest BCUT2D eigenvalue weighted by molar-refractivity contribution is -0.137. The van der Waals surface area contributed by atoms with Crippen LogP contribution in [0, 0.1) is 0 Å². The van der Waals surface area contributed by atoms with Crippen molar-refractivity contribution in [3.8, 4) is 5.69 Å². The van der Waals surface area contributed by atoms with Crippen LogP contribution in [0.4, 0.5) is 0 Å². The largest absolute Gasteiger partial charge is 0.481 e. The molecule has 0 fully saturated rings. The van der Waals surface area contributed by atoms with Crippen molar-refractivity contribution in [2.45, 2.75) is 25.8 Å². The molecule has 1 atom stereocenters. The van der Waals surface area contributed by atoms with Crippen molar-refractivity contribution in [2.75, 3.05) is 0 Å². The fraction of sp³-hybridized carbons (Fsp3) is 0.250. The Labute approximate surface area is 123 Å². The second-order valence-electron chi connectivity index (χ2n) is 4.94. The Bertz CT molecular complexity index is 603. The van der Waals surface area contributed by atoms with Gasteiger partial charge in [0.15, 0.2) is 0 Å². The molecule has 0 aliphatic heterocycles. The van der Waals surface area contributed by atoms with Gasteiger partial charge in [-0.05, 0) is 49.7 Å². The average Bonchev–Trinajstić information content (AvgIpc) is 2.99. The van der Waals surface area contributed by atoms with E-state index in [1.807, 2.05) is 41.2 Å². The summed E-state index contributed by atoms with van der Waals surface area (Å²) < 4.78 is 1.96. The Morgan fingerprint density at radius 1 is 1.19 bits per heavy atom. The molecule has 1 unspecified atom stereocenters. The first kappa shape index (κ1) is 14.8. The lowest BCUT2D eigenvalue weighted by atomic mass is 10.1. The third-order valence-electron chi connectivity index (χ3n) is 3.20. The number of hydrogen-bond acceptors (Lipinski definition) is 2. The van der Waals surface area contributed by atoms with Crippen LogP contribution < -0.4 is 5.32 Å². The molecule has 1 heterocycles. The minimum absolute atomic E-state index is 0.0496. The summed E-state index contributed by atoms with van der Waals surface area (Å²) in [7, 11) is 0. The molecule has 0 aliphatic rings. The molecule has 2 aromatic rings. The minimum atomic E-state index is -0.854. The normalized spacial score (nSPS) is 11.9. The average molecular weight is 286 g/mol. The fourth-order valence-corrected chi connectivity index (χ4v) is 2.01. The van der Waals surface area contributed by atoms with E-state index in [2.05, 4.69) is 5.32 Å². The number of nitrogens with one attached hydrogen (secondary N) is 1. The standard InChI is InChI=1S/C16H18N2O3/c1-12(4-9-15(19)20)17-16(21)13-5-7-14(8-6-13)18-10-2-3-11-18/h2-3,5-8,10-12H,4,9H2,1H3,(H,17,21)(H,19,20). The molecule has 0 radical (unpaired) electrons. The van der Waals surface area contributed by atoms with E-state index in [9.17, 15) is 9.59 Å². The summed E-state index contributed by atoms with van der Waals surface area (Å²) >= 11 is 0. The quantitative estimate of drug-likeness (QED) is 0.857. The minimum Gasteiger partial charge on any atom is -0.481 e. The third kappa shape index (κ3) is 4.21. The predicted octanol–water partition coefficient (Wildman–Crippen LogP) is 2.46. The first-order valence-electron chi connectivity index (χ1n) is 6.82. The second-order valence-corrected chi connectivity index (χ2v) is 4.94. The molecule has 5 nitrogen and oxygen atoms in total. The number of aliphatic carboxylic acids is 1. The maximum absolute atomic E-state index is 12.0. The molecule has 5 heteroatoms. The summed E-state index contributed by atoms with van der Waals surface area (Å²) in [4.78, 5) is 22.5. The highest BCUT2D eigenvalue weighted by Gasteiger charge is 2.11. The molecular weight excluding hydrogens is 268 g/mol. The number of carbonyl (C=O) groups excluding carboxylic acids is 1. The van der Waals surface area contributed by atoms with Crippen LogP contribution in [0.3, 0.4) is 0 Å². The number of rotatable bonds is 6. The lowest BCUT2D eigenvalue weighted by Gasteiger charge is -2.13. The third-order valence-corrected chi connectivity index (χ3v) is 3.20. The van der Waals surface area contributed by atoms with Crippen molar-refractivity contribution in [2.24, 2.45) is 0 Å². The van der Waals surface area contributed by atoms with Crippen molar-refractivity contribution < 1.29 is 14.7 Å². The maximum atomic E-state index is 12.0. The molecular formula is C16H18N2O3. The zero-order valence-corrected chi connectivity index (χ0v) is 11.8. The van der Waals surface area contributed by atoms with Crippen LogP contribution in [0.25, 0.3) is 5.69 Å². The summed E-state index contributed by atoms with van der Waals surface area (Å²) in [6.07, 6.45) is 4.34. The molecule has 21 heavy (non-hydrogen) atoms. The highest BCUT2D eigenvalue weighted by Crippen LogP contribution is 2.10. The zero-order chi connectivity index (χ0) is 15.2. The molecule has 110 valence electrons. The van der Waals surface area contributed by atoms with E-state index in [-0.39, 0.29) is 18.4 Å². The van der Waals surface area contributed by atoms with Crippen LogP contribution in [0.1, 0.15) is 30.1 Å². The Kier molecular flexibility index (Phi) is 4.77. The Morgan fingerprint density at radius 2 is 1.81 bits per heavy atom. The first-order valence-corrected chi connectivity index (χ1v) is 6.82. The highest BCUT2D eigenvalue weighted by molar-refractivity contribution is 5.94. The van der Waals surface area contributed by atoms with Gasteiger partial charge >= 0.3 is 5.97 Å². The van der Waals surface area contributed by atoms with E-state index in [4.69, 9.17) is 5.11 Å². The molecule has 2 N–H and O–H groups in total. The van der Waals surface area contributed by atoms with Crippen molar-refractivity contribution in [1.82, 2.24) is 9.88 Å². The molecule has 0 bridgehead atoms. The van der Waals surface area contributed by atoms with Crippen LogP contribution >= 0.6 is 0 Å². The number of benzene rings is 1. The van der Waals surface area contributed by atoms with Gasteiger partial charge in [0, 0.05) is 36.1 Å². The van der Waals surface area contributed by atoms with Crippen molar-refractivity contribution in [3.05, 3.63) is 54.4 Å². The van der Waals surface area contributed by atoms with Gasteiger partial charge in [-0.2, -0.15) is 0 Å². The van der Waals surface area contributed by atoms with Crippen molar-refractivity contribution in [3.63, 3.8) is 0 Å². The molecule has 2 rings (SSSR count). The van der Waals surface area contributed by atoms with Crippen LogP contribution in [0.2, 0.25) is 0 Å². The van der Waals surface area contributed by atoms with E-state index in [0.29, 0.717) is 12.0 Å². The summed E-state index contributed by atoms with van der Waals surface area (Å²) in [5, 5.41) is 11.4. The van der Waals surface area contributed by atoms with E-state index in [0.717, 1.165) is 5.69 Å². The number of carboxylic acids is 1. The molecule has 0 spiro atoms. The SMILES string of the molecule is CC(CCC(=O)O)NC(=O)c1ccc(-n2cccc2)cc1. The summed E-state index contributed by atoms with van der Waals surface area (Å²) in [6, 6.07) is 11.0. The molecule has 0 aliphatic carbocycles. The molecule has 1 aromatic carbocycles. The number of amides is 1. The van der Waals surface area contributed by atoms with Crippen LogP contribution in [0.5, 0.6) is 0 Å². The Morgan fingerprint density at radius 3 is 2.38 bits per heavy atom. The van der Waals surface area contributed by atoms with Gasteiger partial charge < -0.3 is 15.0 Å². The van der Waals surface area contributed by atoms with Gasteiger partial charge in [0.2, 0.25) is 0 Å². The topological polar surface area (TPSA) is 71.3 Å². The van der Waals surface area contributed by atoms with Crippen LogP contribution in [-0.4, -0.2) is 27.6 Å². The predicted molar refractivity (Wildman–Crippen MR) is 79.6 cm³/mol. The number of aromatic nitrogens is 1. The molecule has 1 aromatic heterocycles. The number of carbonyl (C=O) groups is 2. The number of hydrogen-bond donors (Lipinski definition) is 2. The Hall–Kier alpha value is -2.56. The first-order chi connectivity index (χ1) is 10.1. The Balaban J connectivity index is 1.95. The van der Waals surface area contributed by atoms with Crippen LogP contribution in [0.15, 0.2) is 48.8 Å². The summed E-state index contributed by atoms with van der Waals surface area (Å²) in [6.45, 7) is 1.80. The van der Waals surface area contributed by atoms with Crippen molar-refractivity contribution in [1.29, 1.82) is 0 Å². The summed E-state index contributed by atoms with van der Waals surface area (Å²) in [5.74, 6) is -1.04. The second kappa shape index (κ2) is 6.74.